The van der Waals surface area contributed by atoms with E-state index in [0.717, 1.165) is 25.9 Å². The third-order valence-corrected chi connectivity index (χ3v) is 5.17. The van der Waals surface area contributed by atoms with Crippen LogP contribution in [-0.2, 0) is 0 Å². The molecule has 3 heterocycles. The van der Waals surface area contributed by atoms with Gasteiger partial charge in [0.15, 0.2) is 5.76 Å². The first-order chi connectivity index (χ1) is 11.6. The van der Waals surface area contributed by atoms with Gasteiger partial charge in [-0.1, -0.05) is 11.6 Å². The average molecular weight is 322 g/mol. The molecule has 3 aromatic rings. The highest BCUT2D eigenvalue weighted by atomic mass is 16.3. The van der Waals surface area contributed by atoms with Gasteiger partial charge in [-0.3, -0.25) is 4.79 Å². The van der Waals surface area contributed by atoms with E-state index >= 15 is 0 Å². The smallest absolute Gasteiger partial charge is 0.289 e. The van der Waals surface area contributed by atoms with Crippen LogP contribution in [0.1, 0.15) is 46.1 Å². The monoisotopic (exact) mass is 322 g/mol. The molecule has 4 heteroatoms. The summed E-state index contributed by atoms with van der Waals surface area (Å²) < 4.78 is 5.23. The van der Waals surface area contributed by atoms with Gasteiger partial charge in [-0.25, -0.2) is 0 Å². The largest absolute Gasteiger partial charge is 0.459 e. The Labute approximate surface area is 141 Å². The standard InChI is InChI=1S/C20H22N2O2/c1-13-5-6-17-16(12-13)14(2)19(21-17)15-7-9-22(10-8-15)20(23)18-4-3-11-24-18/h3-6,11-12,15,21H,7-10H2,1-2H3. The number of furan rings is 1. The number of amides is 1. The minimum absolute atomic E-state index is 0.00226. The number of hydrogen-bond acceptors (Lipinski definition) is 2. The molecule has 2 aromatic heterocycles. The number of carbonyl (C=O) groups is 1. The Hall–Kier alpha value is -2.49. The van der Waals surface area contributed by atoms with Crippen LogP contribution in [0.5, 0.6) is 0 Å². The minimum Gasteiger partial charge on any atom is -0.459 e. The summed E-state index contributed by atoms with van der Waals surface area (Å²) in [6.07, 6.45) is 3.52. The van der Waals surface area contributed by atoms with Crippen LogP contribution in [-0.4, -0.2) is 28.9 Å². The zero-order valence-corrected chi connectivity index (χ0v) is 14.1. The third kappa shape index (κ3) is 2.52. The van der Waals surface area contributed by atoms with Crippen molar-refractivity contribution in [1.29, 1.82) is 0 Å². The molecular formula is C20H22N2O2. The van der Waals surface area contributed by atoms with Crippen molar-refractivity contribution in [3.05, 3.63) is 59.2 Å². The summed E-state index contributed by atoms with van der Waals surface area (Å²) in [6, 6.07) is 10.1. The average Bonchev–Trinajstić information content (AvgIpc) is 3.24. The van der Waals surface area contributed by atoms with E-state index in [2.05, 4.69) is 37.0 Å². The highest BCUT2D eigenvalue weighted by molar-refractivity contribution is 5.91. The van der Waals surface area contributed by atoms with Crippen LogP contribution in [0.25, 0.3) is 10.9 Å². The van der Waals surface area contributed by atoms with Gasteiger partial charge in [-0.2, -0.15) is 0 Å². The number of H-pyrrole nitrogens is 1. The number of likely N-dealkylation sites (tertiary alicyclic amines) is 1. The normalized spacial score (nSPS) is 16.0. The van der Waals surface area contributed by atoms with Gasteiger partial charge in [-0.15, -0.1) is 0 Å². The van der Waals surface area contributed by atoms with E-state index in [1.54, 1.807) is 18.4 Å². The van der Waals surface area contributed by atoms with Crippen molar-refractivity contribution >= 4 is 16.8 Å². The second-order valence-corrected chi connectivity index (χ2v) is 6.76. The van der Waals surface area contributed by atoms with Gasteiger partial charge < -0.3 is 14.3 Å². The number of nitrogens with zero attached hydrogens (tertiary/aromatic N) is 1. The summed E-state index contributed by atoms with van der Waals surface area (Å²) >= 11 is 0. The van der Waals surface area contributed by atoms with E-state index in [1.807, 2.05) is 4.90 Å². The maximum atomic E-state index is 12.4. The van der Waals surface area contributed by atoms with Crippen LogP contribution < -0.4 is 0 Å². The fraction of sp³-hybridized carbons (Fsp3) is 0.350. The number of nitrogens with one attached hydrogen (secondary N) is 1. The zero-order valence-electron chi connectivity index (χ0n) is 14.1. The van der Waals surface area contributed by atoms with Gasteiger partial charge in [0.2, 0.25) is 0 Å². The van der Waals surface area contributed by atoms with Crippen LogP contribution in [0.2, 0.25) is 0 Å². The Kier molecular flexibility index (Phi) is 3.68. The zero-order chi connectivity index (χ0) is 16.7. The van der Waals surface area contributed by atoms with Crippen LogP contribution >= 0.6 is 0 Å². The molecule has 0 saturated carbocycles. The van der Waals surface area contributed by atoms with Gasteiger partial charge in [0.1, 0.15) is 0 Å². The number of piperidine rings is 1. The Morgan fingerprint density at radius 1 is 1.21 bits per heavy atom. The molecule has 0 bridgehead atoms. The summed E-state index contributed by atoms with van der Waals surface area (Å²) in [6.45, 7) is 5.88. The fourth-order valence-electron chi connectivity index (χ4n) is 3.80. The number of rotatable bonds is 2. The second kappa shape index (κ2) is 5.86. The van der Waals surface area contributed by atoms with Gasteiger partial charge in [-0.05, 0) is 56.5 Å². The van der Waals surface area contributed by atoms with E-state index in [0.29, 0.717) is 11.7 Å². The number of fused-ring (bicyclic) bond motifs is 1. The predicted molar refractivity (Wildman–Crippen MR) is 94.4 cm³/mol. The summed E-state index contributed by atoms with van der Waals surface area (Å²) in [5.74, 6) is 0.923. The van der Waals surface area contributed by atoms with Crippen molar-refractivity contribution in [3.8, 4) is 0 Å². The van der Waals surface area contributed by atoms with Gasteiger partial charge in [0.25, 0.3) is 5.91 Å². The van der Waals surface area contributed by atoms with Gasteiger partial charge in [0.05, 0.1) is 6.26 Å². The Morgan fingerprint density at radius 3 is 2.71 bits per heavy atom. The molecule has 1 N–H and O–H groups in total. The third-order valence-electron chi connectivity index (χ3n) is 5.17. The number of aromatic amines is 1. The van der Waals surface area contributed by atoms with E-state index < -0.39 is 0 Å². The van der Waals surface area contributed by atoms with E-state index in [-0.39, 0.29) is 5.91 Å². The molecule has 0 atom stereocenters. The summed E-state index contributed by atoms with van der Waals surface area (Å²) in [7, 11) is 0. The van der Waals surface area contributed by atoms with Gasteiger partial charge in [0, 0.05) is 35.6 Å². The minimum atomic E-state index is 0.00226. The van der Waals surface area contributed by atoms with Crippen molar-refractivity contribution in [1.82, 2.24) is 9.88 Å². The maximum absolute atomic E-state index is 12.4. The predicted octanol–water partition coefficient (Wildman–Crippen LogP) is 4.40. The van der Waals surface area contributed by atoms with Crippen molar-refractivity contribution < 1.29 is 9.21 Å². The molecule has 0 unspecified atom stereocenters. The van der Waals surface area contributed by atoms with Gasteiger partial charge >= 0.3 is 0 Å². The lowest BCUT2D eigenvalue weighted by molar-refractivity contribution is 0.0680. The van der Waals surface area contributed by atoms with E-state index in [4.69, 9.17) is 4.42 Å². The molecular weight excluding hydrogens is 300 g/mol. The quantitative estimate of drug-likeness (QED) is 0.760. The molecule has 0 aliphatic carbocycles. The molecule has 4 rings (SSSR count). The fourth-order valence-corrected chi connectivity index (χ4v) is 3.80. The summed E-state index contributed by atoms with van der Waals surface area (Å²) in [5.41, 5.74) is 5.18. The maximum Gasteiger partial charge on any atom is 0.289 e. The lowest BCUT2D eigenvalue weighted by Crippen LogP contribution is -2.37. The lowest BCUT2D eigenvalue weighted by atomic mass is 9.91. The molecule has 1 fully saturated rings. The molecule has 4 nitrogen and oxygen atoms in total. The Bertz CT molecular complexity index is 869. The van der Waals surface area contributed by atoms with Crippen molar-refractivity contribution in [2.24, 2.45) is 0 Å². The molecule has 1 aliphatic heterocycles. The molecule has 1 saturated heterocycles. The van der Waals surface area contributed by atoms with Crippen LogP contribution in [0.3, 0.4) is 0 Å². The highest BCUT2D eigenvalue weighted by Crippen LogP contribution is 2.34. The highest BCUT2D eigenvalue weighted by Gasteiger charge is 2.27. The topological polar surface area (TPSA) is 49.2 Å². The van der Waals surface area contributed by atoms with Crippen molar-refractivity contribution in [3.63, 3.8) is 0 Å². The van der Waals surface area contributed by atoms with Crippen molar-refractivity contribution in [2.45, 2.75) is 32.6 Å². The number of benzene rings is 1. The number of aromatic nitrogens is 1. The van der Waals surface area contributed by atoms with Crippen LogP contribution in [0.15, 0.2) is 41.0 Å². The number of hydrogen-bond donors (Lipinski definition) is 1. The van der Waals surface area contributed by atoms with Crippen LogP contribution in [0, 0.1) is 13.8 Å². The molecule has 1 aliphatic rings. The Morgan fingerprint density at radius 2 is 2.00 bits per heavy atom. The SMILES string of the molecule is Cc1ccc2[nH]c(C3CCN(C(=O)c4ccco4)CC3)c(C)c2c1. The molecule has 24 heavy (non-hydrogen) atoms. The van der Waals surface area contributed by atoms with Crippen molar-refractivity contribution in [2.75, 3.05) is 13.1 Å². The molecule has 0 spiro atoms. The van der Waals surface area contributed by atoms with Crippen LogP contribution in [0.4, 0.5) is 0 Å². The molecule has 0 radical (unpaired) electrons. The van der Waals surface area contributed by atoms with E-state index in [9.17, 15) is 4.79 Å². The molecule has 124 valence electrons. The Balaban J connectivity index is 1.52. The number of carbonyl (C=O) groups excluding carboxylic acids is 1. The van der Waals surface area contributed by atoms with E-state index in [1.165, 1.54) is 27.7 Å². The first-order valence-electron chi connectivity index (χ1n) is 8.55. The first-order valence-corrected chi connectivity index (χ1v) is 8.55. The molecule has 1 aromatic carbocycles. The first kappa shape index (κ1) is 15.1. The summed E-state index contributed by atoms with van der Waals surface area (Å²) in [4.78, 5) is 17.9. The number of aryl methyl sites for hydroxylation is 2. The second-order valence-electron chi connectivity index (χ2n) is 6.76. The molecule has 1 amide bonds. The lowest BCUT2D eigenvalue weighted by Gasteiger charge is -2.31. The summed E-state index contributed by atoms with van der Waals surface area (Å²) in [5, 5.41) is 1.32.